The molecule has 2 rings (SSSR count). The minimum Gasteiger partial charge on any atom is -0.462 e. The fourth-order valence-corrected chi connectivity index (χ4v) is 1.80. The molecule has 0 unspecified atom stereocenters. The van der Waals surface area contributed by atoms with Crippen molar-refractivity contribution in [3.05, 3.63) is 36.2 Å². The van der Waals surface area contributed by atoms with Gasteiger partial charge in [0.25, 0.3) is 0 Å². The summed E-state index contributed by atoms with van der Waals surface area (Å²) in [4.78, 5) is 23.6. The molecule has 1 aromatic carbocycles. The molecule has 0 fully saturated rings. The molecule has 0 aliphatic rings. The summed E-state index contributed by atoms with van der Waals surface area (Å²) in [6.07, 6.45) is 2.99. The molecule has 2 aromatic rings. The summed E-state index contributed by atoms with van der Waals surface area (Å²) in [5, 5.41) is 10.6. The van der Waals surface area contributed by atoms with Crippen LogP contribution < -0.4 is 5.32 Å². The molecular weight excluding hydrogens is 286 g/mol. The van der Waals surface area contributed by atoms with E-state index < -0.39 is 11.9 Å². The van der Waals surface area contributed by atoms with Gasteiger partial charge in [-0.2, -0.15) is 5.10 Å². The Morgan fingerprint density at radius 3 is 2.55 bits per heavy atom. The van der Waals surface area contributed by atoms with E-state index in [0.717, 1.165) is 10.9 Å². The van der Waals surface area contributed by atoms with Crippen LogP contribution in [0, 0.1) is 0 Å². The second-order valence-corrected chi connectivity index (χ2v) is 4.32. The lowest BCUT2D eigenvalue weighted by Gasteiger charge is -2.07. The molecule has 0 atom stereocenters. The van der Waals surface area contributed by atoms with E-state index in [1.807, 2.05) is 18.2 Å². The van der Waals surface area contributed by atoms with Crippen LogP contribution in [0.1, 0.15) is 13.8 Å². The van der Waals surface area contributed by atoms with Crippen molar-refractivity contribution in [2.75, 3.05) is 18.5 Å². The van der Waals surface area contributed by atoms with Crippen molar-refractivity contribution in [2.24, 2.45) is 0 Å². The Hall–Kier alpha value is -2.83. The van der Waals surface area contributed by atoms with Gasteiger partial charge in [-0.15, -0.1) is 0 Å². The summed E-state index contributed by atoms with van der Waals surface area (Å²) < 4.78 is 9.71. The summed E-state index contributed by atoms with van der Waals surface area (Å²) >= 11 is 0. The number of H-pyrrole nitrogens is 1. The van der Waals surface area contributed by atoms with Gasteiger partial charge in [0.1, 0.15) is 0 Å². The molecule has 0 saturated carbocycles. The SMILES string of the molecule is CCOC(=O)C(=CNc1ccc2cn[nH]c2c1)C(=O)OCC. The third-order valence-corrected chi connectivity index (χ3v) is 2.82. The topological polar surface area (TPSA) is 93.3 Å². The molecule has 2 N–H and O–H groups in total. The van der Waals surface area contributed by atoms with E-state index in [1.165, 1.54) is 6.20 Å². The van der Waals surface area contributed by atoms with Gasteiger partial charge in [-0.05, 0) is 32.0 Å². The standard InChI is InChI=1S/C15H17N3O4/c1-3-21-14(19)12(15(20)22-4-2)9-16-11-6-5-10-8-17-18-13(10)7-11/h5-9,16H,3-4H2,1-2H3,(H,17,18). The van der Waals surface area contributed by atoms with E-state index in [-0.39, 0.29) is 18.8 Å². The Kier molecular flexibility index (Phi) is 5.13. The lowest BCUT2D eigenvalue weighted by Crippen LogP contribution is -2.19. The maximum atomic E-state index is 11.8. The second kappa shape index (κ2) is 7.26. The number of anilines is 1. The highest BCUT2D eigenvalue weighted by molar-refractivity contribution is 6.14. The maximum absolute atomic E-state index is 11.8. The van der Waals surface area contributed by atoms with Crippen LogP contribution in [-0.4, -0.2) is 35.3 Å². The summed E-state index contributed by atoms with van der Waals surface area (Å²) in [5.74, 6) is -1.45. The zero-order valence-corrected chi connectivity index (χ0v) is 12.4. The van der Waals surface area contributed by atoms with Crippen molar-refractivity contribution in [3.63, 3.8) is 0 Å². The number of carbonyl (C=O) groups excluding carboxylic acids is 2. The predicted octanol–water partition coefficient (Wildman–Crippen LogP) is 1.98. The normalized spacial score (nSPS) is 10.1. The summed E-state index contributed by atoms with van der Waals surface area (Å²) in [5.41, 5.74) is 1.35. The third-order valence-electron chi connectivity index (χ3n) is 2.82. The number of hydrogen-bond donors (Lipinski definition) is 2. The van der Waals surface area contributed by atoms with Crippen molar-refractivity contribution >= 4 is 28.5 Å². The van der Waals surface area contributed by atoms with Crippen molar-refractivity contribution in [1.29, 1.82) is 0 Å². The molecule has 7 nitrogen and oxygen atoms in total. The molecule has 116 valence electrons. The fourth-order valence-electron chi connectivity index (χ4n) is 1.80. The summed E-state index contributed by atoms with van der Waals surface area (Å²) in [6, 6.07) is 5.48. The van der Waals surface area contributed by atoms with Gasteiger partial charge in [-0.25, -0.2) is 9.59 Å². The number of benzene rings is 1. The third kappa shape index (κ3) is 3.63. The van der Waals surface area contributed by atoms with Crippen LogP contribution in [0.2, 0.25) is 0 Å². The monoisotopic (exact) mass is 303 g/mol. The minimum absolute atomic E-state index is 0.176. The molecule has 1 heterocycles. The first-order chi connectivity index (χ1) is 10.7. The van der Waals surface area contributed by atoms with Crippen molar-refractivity contribution in [3.8, 4) is 0 Å². The molecule has 0 radical (unpaired) electrons. The Morgan fingerprint density at radius 1 is 1.23 bits per heavy atom. The molecule has 1 aromatic heterocycles. The van der Waals surface area contributed by atoms with E-state index in [1.54, 1.807) is 20.0 Å². The Labute approximate surface area is 127 Å². The van der Waals surface area contributed by atoms with Crippen LogP contribution in [-0.2, 0) is 19.1 Å². The van der Waals surface area contributed by atoms with Gasteiger partial charge >= 0.3 is 11.9 Å². The molecule has 7 heteroatoms. The predicted molar refractivity (Wildman–Crippen MR) is 81.1 cm³/mol. The van der Waals surface area contributed by atoms with Gasteiger partial charge < -0.3 is 14.8 Å². The molecule has 0 aliphatic carbocycles. The number of nitrogens with zero attached hydrogens (tertiary/aromatic N) is 1. The van der Waals surface area contributed by atoms with E-state index in [0.29, 0.717) is 5.69 Å². The highest BCUT2D eigenvalue weighted by atomic mass is 16.6. The molecule has 0 amide bonds. The van der Waals surface area contributed by atoms with E-state index in [2.05, 4.69) is 15.5 Å². The maximum Gasteiger partial charge on any atom is 0.347 e. The number of ether oxygens (including phenoxy) is 2. The Balaban J connectivity index is 2.20. The van der Waals surface area contributed by atoms with Gasteiger partial charge in [0.05, 0.1) is 24.9 Å². The van der Waals surface area contributed by atoms with Crippen molar-refractivity contribution < 1.29 is 19.1 Å². The molecular formula is C15H17N3O4. The Morgan fingerprint density at radius 2 is 1.91 bits per heavy atom. The number of nitrogens with one attached hydrogen (secondary N) is 2. The highest BCUT2D eigenvalue weighted by Gasteiger charge is 2.20. The van der Waals surface area contributed by atoms with Gasteiger partial charge in [0.2, 0.25) is 0 Å². The first-order valence-electron chi connectivity index (χ1n) is 6.89. The van der Waals surface area contributed by atoms with Crippen LogP contribution in [0.25, 0.3) is 10.9 Å². The number of aromatic amines is 1. The Bertz CT molecular complexity index is 686. The average molecular weight is 303 g/mol. The molecule has 0 saturated heterocycles. The van der Waals surface area contributed by atoms with Crippen LogP contribution in [0.4, 0.5) is 5.69 Å². The number of carbonyl (C=O) groups is 2. The van der Waals surface area contributed by atoms with Crippen molar-refractivity contribution in [2.45, 2.75) is 13.8 Å². The van der Waals surface area contributed by atoms with Crippen LogP contribution in [0.5, 0.6) is 0 Å². The van der Waals surface area contributed by atoms with E-state index in [4.69, 9.17) is 9.47 Å². The minimum atomic E-state index is -0.726. The first-order valence-corrected chi connectivity index (χ1v) is 6.89. The van der Waals surface area contributed by atoms with Crippen LogP contribution in [0.15, 0.2) is 36.2 Å². The zero-order chi connectivity index (χ0) is 15.9. The molecule has 0 bridgehead atoms. The second-order valence-electron chi connectivity index (χ2n) is 4.32. The fraction of sp³-hybridized carbons (Fsp3) is 0.267. The number of rotatable bonds is 6. The van der Waals surface area contributed by atoms with E-state index in [9.17, 15) is 9.59 Å². The van der Waals surface area contributed by atoms with Gasteiger partial charge in [-0.3, -0.25) is 5.10 Å². The quantitative estimate of drug-likeness (QED) is 0.367. The summed E-state index contributed by atoms with van der Waals surface area (Å²) in [7, 11) is 0. The van der Waals surface area contributed by atoms with Gasteiger partial charge in [0, 0.05) is 17.3 Å². The molecule has 22 heavy (non-hydrogen) atoms. The van der Waals surface area contributed by atoms with Gasteiger partial charge in [0.15, 0.2) is 5.57 Å². The largest absolute Gasteiger partial charge is 0.462 e. The lowest BCUT2D eigenvalue weighted by atomic mass is 10.2. The lowest BCUT2D eigenvalue weighted by molar-refractivity contribution is -0.146. The smallest absolute Gasteiger partial charge is 0.347 e. The average Bonchev–Trinajstić information content (AvgIpc) is 2.95. The number of aromatic nitrogens is 2. The van der Waals surface area contributed by atoms with Crippen LogP contribution >= 0.6 is 0 Å². The number of hydrogen-bond acceptors (Lipinski definition) is 6. The highest BCUT2D eigenvalue weighted by Crippen LogP contribution is 2.17. The van der Waals surface area contributed by atoms with Crippen LogP contribution in [0.3, 0.4) is 0 Å². The van der Waals surface area contributed by atoms with Gasteiger partial charge in [-0.1, -0.05) is 0 Å². The van der Waals surface area contributed by atoms with Crippen molar-refractivity contribution in [1.82, 2.24) is 10.2 Å². The first kappa shape index (κ1) is 15.6. The van der Waals surface area contributed by atoms with E-state index >= 15 is 0 Å². The molecule has 0 aliphatic heterocycles. The molecule has 0 spiro atoms. The summed E-state index contributed by atoms with van der Waals surface area (Å²) in [6.45, 7) is 3.69. The zero-order valence-electron chi connectivity index (χ0n) is 12.4. The number of esters is 2. The number of fused-ring (bicyclic) bond motifs is 1.